The van der Waals surface area contributed by atoms with E-state index < -0.39 is 0 Å². The molecule has 0 saturated carbocycles. The normalized spacial score (nSPS) is 9.75. The SMILES string of the molecule is Cc1cc(O)c(Br)s1. The largest absolute Gasteiger partial charge is 0.506 e. The number of halogens is 1. The summed E-state index contributed by atoms with van der Waals surface area (Å²) in [4.78, 5) is 1.12. The minimum absolute atomic E-state index is 0.340. The topological polar surface area (TPSA) is 20.2 Å². The van der Waals surface area contributed by atoms with Crippen LogP contribution in [0.3, 0.4) is 0 Å². The van der Waals surface area contributed by atoms with Crippen LogP contribution in [-0.4, -0.2) is 5.11 Å². The van der Waals surface area contributed by atoms with E-state index in [4.69, 9.17) is 5.11 Å². The van der Waals surface area contributed by atoms with Gasteiger partial charge in [0, 0.05) is 4.88 Å². The summed E-state index contributed by atoms with van der Waals surface area (Å²) < 4.78 is 0.815. The third-order valence-electron chi connectivity index (χ3n) is 0.792. The lowest BCUT2D eigenvalue weighted by Gasteiger charge is -1.77. The summed E-state index contributed by atoms with van der Waals surface area (Å²) in [6.45, 7) is 1.95. The molecule has 0 radical (unpaired) electrons. The summed E-state index contributed by atoms with van der Waals surface area (Å²) >= 11 is 4.72. The molecule has 0 bridgehead atoms. The van der Waals surface area contributed by atoms with Crippen molar-refractivity contribution >= 4 is 27.3 Å². The average Bonchev–Trinajstić information content (AvgIpc) is 1.85. The van der Waals surface area contributed by atoms with Gasteiger partial charge in [-0.3, -0.25) is 0 Å². The van der Waals surface area contributed by atoms with E-state index in [0.29, 0.717) is 5.75 Å². The van der Waals surface area contributed by atoms with Crippen LogP contribution >= 0.6 is 27.3 Å². The van der Waals surface area contributed by atoms with E-state index in [2.05, 4.69) is 15.9 Å². The zero-order chi connectivity index (χ0) is 6.15. The Bertz CT molecular complexity index is 175. The fourth-order valence-corrected chi connectivity index (χ4v) is 1.97. The second kappa shape index (κ2) is 2.07. The van der Waals surface area contributed by atoms with Gasteiger partial charge in [-0.05, 0) is 28.9 Å². The van der Waals surface area contributed by atoms with Crippen LogP contribution in [0.15, 0.2) is 9.85 Å². The van der Waals surface area contributed by atoms with Crippen molar-refractivity contribution in [2.75, 3.05) is 0 Å². The maximum Gasteiger partial charge on any atom is 0.140 e. The van der Waals surface area contributed by atoms with E-state index in [1.54, 1.807) is 6.07 Å². The van der Waals surface area contributed by atoms with Crippen molar-refractivity contribution in [3.05, 3.63) is 14.7 Å². The molecule has 3 heteroatoms. The maximum absolute atomic E-state index is 8.90. The molecule has 1 heterocycles. The Hall–Kier alpha value is -0.0200. The molecule has 1 nitrogen and oxygen atoms in total. The predicted octanol–water partition coefficient (Wildman–Crippen LogP) is 2.52. The van der Waals surface area contributed by atoms with Crippen LogP contribution in [0.4, 0.5) is 0 Å². The quantitative estimate of drug-likeness (QED) is 0.671. The highest BCUT2D eigenvalue weighted by Crippen LogP contribution is 2.32. The van der Waals surface area contributed by atoms with Gasteiger partial charge in [-0.25, -0.2) is 0 Å². The predicted molar refractivity (Wildman–Crippen MR) is 38.4 cm³/mol. The van der Waals surface area contributed by atoms with Crippen molar-refractivity contribution in [3.63, 3.8) is 0 Å². The summed E-state index contributed by atoms with van der Waals surface area (Å²) in [5.41, 5.74) is 0. The Balaban J connectivity index is 3.14. The molecule has 1 N–H and O–H groups in total. The van der Waals surface area contributed by atoms with Crippen LogP contribution in [0.2, 0.25) is 0 Å². The molecule has 1 rings (SSSR count). The third-order valence-corrected chi connectivity index (χ3v) is 2.51. The van der Waals surface area contributed by atoms with Gasteiger partial charge in [0.15, 0.2) is 0 Å². The molecule has 8 heavy (non-hydrogen) atoms. The lowest BCUT2D eigenvalue weighted by molar-refractivity contribution is 0.475. The molecular formula is C5H5BrOS. The molecule has 0 aliphatic carbocycles. The minimum Gasteiger partial charge on any atom is -0.506 e. The first-order chi connectivity index (χ1) is 3.70. The van der Waals surface area contributed by atoms with Crippen molar-refractivity contribution in [1.29, 1.82) is 0 Å². The molecule has 0 saturated heterocycles. The fourth-order valence-electron chi connectivity index (χ4n) is 0.472. The molecule has 1 aromatic heterocycles. The zero-order valence-corrected chi connectivity index (χ0v) is 6.71. The number of hydrogen-bond donors (Lipinski definition) is 1. The van der Waals surface area contributed by atoms with Crippen molar-refractivity contribution in [1.82, 2.24) is 0 Å². The summed E-state index contributed by atoms with van der Waals surface area (Å²) in [6, 6.07) is 1.73. The standard InChI is InChI=1S/C5H5BrOS/c1-3-2-4(7)5(6)8-3/h2,7H,1H3. The second-order valence-corrected chi connectivity index (χ2v) is 4.09. The van der Waals surface area contributed by atoms with Crippen LogP contribution in [0.1, 0.15) is 4.88 Å². The molecule has 0 atom stereocenters. The smallest absolute Gasteiger partial charge is 0.140 e. The Kier molecular flexibility index (Phi) is 1.58. The van der Waals surface area contributed by atoms with Gasteiger partial charge in [0.05, 0.1) is 0 Å². The number of aromatic hydroxyl groups is 1. The summed E-state index contributed by atoms with van der Waals surface area (Å²) in [5, 5.41) is 8.90. The Morgan fingerprint density at radius 1 is 1.75 bits per heavy atom. The van der Waals surface area contributed by atoms with Crippen LogP contribution in [0.25, 0.3) is 0 Å². The number of thiophene rings is 1. The van der Waals surface area contributed by atoms with E-state index >= 15 is 0 Å². The van der Waals surface area contributed by atoms with E-state index in [-0.39, 0.29) is 0 Å². The highest BCUT2D eigenvalue weighted by molar-refractivity contribution is 9.11. The molecule has 0 amide bonds. The lowest BCUT2D eigenvalue weighted by atomic mass is 10.5. The van der Waals surface area contributed by atoms with Gasteiger partial charge < -0.3 is 5.11 Å². The number of hydrogen-bond acceptors (Lipinski definition) is 2. The van der Waals surface area contributed by atoms with Gasteiger partial charge in [-0.2, -0.15) is 0 Å². The molecule has 0 aliphatic heterocycles. The van der Waals surface area contributed by atoms with Gasteiger partial charge in [0.25, 0.3) is 0 Å². The summed E-state index contributed by atoms with van der Waals surface area (Å²) in [5.74, 6) is 0.340. The molecule has 0 aliphatic rings. The van der Waals surface area contributed by atoms with Gasteiger partial charge in [0.2, 0.25) is 0 Å². The van der Waals surface area contributed by atoms with E-state index in [1.165, 1.54) is 11.3 Å². The summed E-state index contributed by atoms with van der Waals surface area (Å²) in [7, 11) is 0. The highest BCUT2D eigenvalue weighted by atomic mass is 79.9. The Labute approximate surface area is 60.1 Å². The van der Waals surface area contributed by atoms with E-state index in [9.17, 15) is 0 Å². The van der Waals surface area contributed by atoms with Gasteiger partial charge >= 0.3 is 0 Å². The molecule has 0 spiro atoms. The first-order valence-electron chi connectivity index (χ1n) is 2.15. The van der Waals surface area contributed by atoms with Crippen molar-refractivity contribution in [2.45, 2.75) is 6.92 Å². The molecular weight excluding hydrogens is 188 g/mol. The van der Waals surface area contributed by atoms with Gasteiger partial charge in [0.1, 0.15) is 9.54 Å². The minimum atomic E-state index is 0.340. The Morgan fingerprint density at radius 2 is 2.38 bits per heavy atom. The first kappa shape index (κ1) is 6.11. The average molecular weight is 193 g/mol. The van der Waals surface area contributed by atoms with E-state index in [1.807, 2.05) is 6.92 Å². The monoisotopic (exact) mass is 192 g/mol. The maximum atomic E-state index is 8.90. The van der Waals surface area contributed by atoms with Gasteiger partial charge in [-0.1, -0.05) is 0 Å². The van der Waals surface area contributed by atoms with Crippen LogP contribution in [0.5, 0.6) is 5.75 Å². The molecule has 0 fully saturated rings. The zero-order valence-electron chi connectivity index (χ0n) is 4.31. The number of aryl methyl sites for hydroxylation is 1. The lowest BCUT2D eigenvalue weighted by Crippen LogP contribution is -1.49. The van der Waals surface area contributed by atoms with Crippen molar-refractivity contribution < 1.29 is 5.11 Å². The highest BCUT2D eigenvalue weighted by Gasteiger charge is 1.98. The van der Waals surface area contributed by atoms with Gasteiger partial charge in [-0.15, -0.1) is 11.3 Å². The number of rotatable bonds is 0. The molecule has 0 aromatic carbocycles. The summed E-state index contributed by atoms with van der Waals surface area (Å²) in [6.07, 6.45) is 0. The molecule has 1 aromatic rings. The molecule has 44 valence electrons. The van der Waals surface area contributed by atoms with Crippen molar-refractivity contribution in [3.8, 4) is 5.75 Å². The van der Waals surface area contributed by atoms with Crippen LogP contribution < -0.4 is 0 Å². The Morgan fingerprint density at radius 3 is 2.50 bits per heavy atom. The third kappa shape index (κ3) is 1.03. The fraction of sp³-hybridized carbons (Fsp3) is 0.200. The van der Waals surface area contributed by atoms with Crippen LogP contribution in [0, 0.1) is 6.92 Å². The first-order valence-corrected chi connectivity index (χ1v) is 3.76. The van der Waals surface area contributed by atoms with E-state index in [0.717, 1.165) is 8.66 Å². The second-order valence-electron chi connectivity index (χ2n) is 1.52. The van der Waals surface area contributed by atoms with Crippen molar-refractivity contribution in [2.24, 2.45) is 0 Å². The van der Waals surface area contributed by atoms with Crippen LogP contribution in [-0.2, 0) is 0 Å². The molecule has 0 unspecified atom stereocenters.